The van der Waals surface area contributed by atoms with Crippen molar-refractivity contribution in [3.63, 3.8) is 0 Å². The molecule has 4 aliphatic rings. The van der Waals surface area contributed by atoms with Gasteiger partial charge in [0.2, 0.25) is 0 Å². The molecule has 4 heterocycles. The van der Waals surface area contributed by atoms with E-state index in [1.54, 1.807) is 12.3 Å². The fraction of sp³-hybridized carbons (Fsp3) is 0.556. The van der Waals surface area contributed by atoms with E-state index in [4.69, 9.17) is 30.2 Å². The second-order valence-electron chi connectivity index (χ2n) is 14.9. The van der Waals surface area contributed by atoms with Gasteiger partial charge in [0.25, 0.3) is 0 Å². The van der Waals surface area contributed by atoms with Crippen LogP contribution in [0.5, 0.6) is 6.01 Å². The van der Waals surface area contributed by atoms with Gasteiger partial charge in [-0.05, 0) is 83.2 Å². The second-order valence-corrected chi connectivity index (χ2v) is 15.9. The van der Waals surface area contributed by atoms with Crippen LogP contribution in [0.25, 0.3) is 32.2 Å². The Morgan fingerprint density at radius 2 is 1.98 bits per heavy atom. The summed E-state index contributed by atoms with van der Waals surface area (Å²) in [7, 11) is 4.22. The fourth-order valence-corrected chi connectivity index (χ4v) is 9.22. The largest absolute Gasteiger partial charge is 0.463 e. The first-order valence-corrected chi connectivity index (χ1v) is 18.0. The third kappa shape index (κ3) is 5.86. The monoisotopic (exact) mass is 688 g/mol. The first kappa shape index (κ1) is 32.5. The molecule has 0 bridgehead atoms. The quantitative estimate of drug-likeness (QED) is 0.194. The van der Waals surface area contributed by atoms with Gasteiger partial charge < -0.3 is 25.4 Å². The fourth-order valence-electron chi connectivity index (χ4n) is 8.27. The SMILES string of the molecule is CN(C)C1(CNc2nc(OCC3(CN4CCOCC4)CC(F)(C4CC4)C3)nc3cc(-c4ccc(F)c5sc(N)c(C#N)c45)ncc23)CCC1. The van der Waals surface area contributed by atoms with E-state index in [9.17, 15) is 9.65 Å². The third-order valence-electron chi connectivity index (χ3n) is 11.4. The number of thiophene rings is 1. The van der Waals surface area contributed by atoms with Crippen LogP contribution in [0.3, 0.4) is 0 Å². The number of fused-ring (bicyclic) bond motifs is 2. The number of nitrogens with one attached hydrogen (secondary N) is 1. The number of alkyl halides is 1. The van der Waals surface area contributed by atoms with Crippen LogP contribution < -0.4 is 15.8 Å². The van der Waals surface area contributed by atoms with Crippen LogP contribution >= 0.6 is 11.3 Å². The number of likely N-dealkylation sites (N-methyl/N-ethyl adjacent to an activating group) is 1. The second kappa shape index (κ2) is 12.3. The maximum Gasteiger partial charge on any atom is 0.318 e. The highest BCUT2D eigenvalue weighted by Crippen LogP contribution is 2.61. The molecule has 49 heavy (non-hydrogen) atoms. The minimum atomic E-state index is -1.12. The van der Waals surface area contributed by atoms with Gasteiger partial charge in [-0.1, -0.05) is 0 Å². The van der Waals surface area contributed by atoms with Crippen molar-refractivity contribution >= 4 is 43.1 Å². The zero-order chi connectivity index (χ0) is 34.0. The van der Waals surface area contributed by atoms with Gasteiger partial charge >= 0.3 is 6.01 Å². The average Bonchev–Trinajstić information content (AvgIpc) is 3.86. The van der Waals surface area contributed by atoms with Gasteiger partial charge in [0.1, 0.15) is 28.4 Å². The van der Waals surface area contributed by atoms with E-state index in [0.29, 0.717) is 71.9 Å². The van der Waals surface area contributed by atoms with Crippen molar-refractivity contribution < 1.29 is 18.3 Å². The van der Waals surface area contributed by atoms with Crippen molar-refractivity contribution in [3.8, 4) is 23.3 Å². The summed E-state index contributed by atoms with van der Waals surface area (Å²) in [5.41, 5.74) is 6.65. The zero-order valence-corrected chi connectivity index (χ0v) is 28.8. The Kier molecular flexibility index (Phi) is 8.13. The number of benzene rings is 1. The van der Waals surface area contributed by atoms with Crippen molar-refractivity contribution in [1.29, 1.82) is 5.26 Å². The molecule has 1 aromatic carbocycles. The first-order valence-electron chi connectivity index (χ1n) is 17.2. The summed E-state index contributed by atoms with van der Waals surface area (Å²) in [6, 6.07) is 7.19. The number of anilines is 2. The number of nitrogens with two attached hydrogens (primary N) is 1. The van der Waals surface area contributed by atoms with Crippen molar-refractivity contribution in [3.05, 3.63) is 35.8 Å². The van der Waals surface area contributed by atoms with Gasteiger partial charge in [-0.2, -0.15) is 15.2 Å². The highest BCUT2D eigenvalue weighted by Gasteiger charge is 2.62. The zero-order valence-electron chi connectivity index (χ0n) is 28.0. The number of morpholine rings is 1. The molecule has 10 nitrogen and oxygen atoms in total. The smallest absolute Gasteiger partial charge is 0.318 e. The van der Waals surface area contributed by atoms with E-state index in [-0.39, 0.29) is 33.4 Å². The van der Waals surface area contributed by atoms with Crippen LogP contribution in [0.4, 0.5) is 19.6 Å². The van der Waals surface area contributed by atoms with Crippen LogP contribution in [0.15, 0.2) is 24.4 Å². The van der Waals surface area contributed by atoms with E-state index < -0.39 is 11.5 Å². The number of nitriles is 1. The lowest BCUT2D eigenvalue weighted by molar-refractivity contribution is -0.124. The number of halogens is 2. The lowest BCUT2D eigenvalue weighted by Crippen LogP contribution is -2.59. The molecule has 3 aromatic heterocycles. The predicted octanol–water partition coefficient (Wildman–Crippen LogP) is 6.01. The van der Waals surface area contributed by atoms with E-state index in [2.05, 4.69) is 35.3 Å². The summed E-state index contributed by atoms with van der Waals surface area (Å²) in [4.78, 5) is 19.1. The summed E-state index contributed by atoms with van der Waals surface area (Å²) in [5, 5.41) is 14.9. The van der Waals surface area contributed by atoms with Gasteiger partial charge in [-0.3, -0.25) is 9.88 Å². The van der Waals surface area contributed by atoms with Gasteiger partial charge in [0.05, 0.1) is 46.7 Å². The van der Waals surface area contributed by atoms with Gasteiger partial charge in [-0.15, -0.1) is 11.3 Å². The normalized spacial score (nSPS) is 25.2. The topological polar surface area (TPSA) is 125 Å². The molecule has 0 unspecified atom stereocenters. The maximum absolute atomic E-state index is 15.9. The summed E-state index contributed by atoms with van der Waals surface area (Å²) >= 11 is 1.06. The summed E-state index contributed by atoms with van der Waals surface area (Å²) in [6.45, 7) is 4.77. The number of hydrogen-bond donors (Lipinski definition) is 2. The van der Waals surface area contributed by atoms with Crippen LogP contribution in [0.2, 0.25) is 0 Å². The number of aromatic nitrogens is 3. The molecular weight excluding hydrogens is 647 g/mol. The lowest BCUT2D eigenvalue weighted by atomic mass is 9.58. The molecule has 3 N–H and O–H groups in total. The number of ether oxygens (including phenoxy) is 2. The maximum atomic E-state index is 15.9. The molecule has 0 atom stereocenters. The number of nitrogen functional groups attached to an aromatic ring is 1. The molecular formula is C36H42F2N8O2S. The Labute approximate surface area is 288 Å². The van der Waals surface area contributed by atoms with Crippen molar-refractivity contribution in [2.24, 2.45) is 11.3 Å². The Balaban J connectivity index is 1.15. The molecule has 258 valence electrons. The van der Waals surface area contributed by atoms with Gasteiger partial charge in [-0.25, -0.2) is 8.78 Å². The first-order chi connectivity index (χ1) is 23.6. The molecule has 0 spiro atoms. The lowest BCUT2D eigenvalue weighted by Gasteiger charge is -2.53. The molecule has 13 heteroatoms. The van der Waals surface area contributed by atoms with Crippen LogP contribution in [0.1, 0.15) is 50.5 Å². The molecule has 1 aliphatic heterocycles. The molecule has 3 saturated carbocycles. The number of nitrogens with zero attached hydrogens (tertiary/aromatic N) is 6. The number of hydrogen-bond acceptors (Lipinski definition) is 11. The van der Waals surface area contributed by atoms with Crippen LogP contribution in [-0.2, 0) is 4.74 Å². The highest BCUT2D eigenvalue weighted by molar-refractivity contribution is 7.23. The van der Waals surface area contributed by atoms with Crippen molar-refractivity contribution in [2.75, 3.05) is 71.1 Å². The molecule has 8 rings (SSSR count). The van der Waals surface area contributed by atoms with E-state index >= 15 is 4.39 Å². The molecule has 0 amide bonds. The summed E-state index contributed by atoms with van der Waals surface area (Å²) in [6.07, 6.45) is 7.95. The Morgan fingerprint density at radius 1 is 1.20 bits per heavy atom. The van der Waals surface area contributed by atoms with Crippen LogP contribution in [0, 0.1) is 28.5 Å². The van der Waals surface area contributed by atoms with Crippen LogP contribution in [-0.4, -0.2) is 96.1 Å². The van der Waals surface area contributed by atoms with E-state index in [1.807, 2.05) is 6.07 Å². The number of rotatable bonds is 11. The Bertz CT molecular complexity index is 1940. The Hall–Kier alpha value is -3.70. The minimum absolute atomic E-state index is 0.0272. The average molecular weight is 689 g/mol. The van der Waals surface area contributed by atoms with Gasteiger partial charge in [0.15, 0.2) is 0 Å². The number of pyridine rings is 1. The van der Waals surface area contributed by atoms with Crippen molar-refractivity contribution in [2.45, 2.75) is 56.2 Å². The molecule has 0 radical (unpaired) electrons. The van der Waals surface area contributed by atoms with E-state index in [1.165, 1.54) is 12.5 Å². The predicted molar refractivity (Wildman–Crippen MR) is 187 cm³/mol. The minimum Gasteiger partial charge on any atom is -0.463 e. The molecule has 4 aromatic rings. The Morgan fingerprint density at radius 3 is 2.65 bits per heavy atom. The van der Waals surface area contributed by atoms with Crippen molar-refractivity contribution in [1.82, 2.24) is 24.8 Å². The molecule has 3 aliphatic carbocycles. The summed E-state index contributed by atoms with van der Waals surface area (Å²) < 4.78 is 43.1. The van der Waals surface area contributed by atoms with Gasteiger partial charge in [0, 0.05) is 54.3 Å². The highest BCUT2D eigenvalue weighted by atomic mass is 32.1. The molecule has 1 saturated heterocycles. The summed E-state index contributed by atoms with van der Waals surface area (Å²) in [5.74, 6) is 0.342. The third-order valence-corrected chi connectivity index (χ3v) is 12.4. The van der Waals surface area contributed by atoms with E-state index in [0.717, 1.165) is 62.0 Å². The standard InChI is InChI=1S/C36H42F2N8O2S/c1-45(2)35(8-3-9-35)19-42-32-25-16-41-27(23-6-7-26(37)30-29(23)24(15-39)31(40)49-30)14-28(25)43-33(44-32)48-21-34(20-46-10-12-47-13-11-46)17-36(38,18-34)22-4-5-22/h6-7,14,16,22H,3-5,8-13,17-21,40H2,1-2H3,(H,42,43,44). The molecule has 4 fully saturated rings.